The number of hydrogen-bond acceptors (Lipinski definition) is 8. The van der Waals surface area contributed by atoms with Crippen LogP contribution < -0.4 is 24.6 Å². The lowest BCUT2D eigenvalue weighted by Gasteiger charge is -2.36. The Bertz CT molecular complexity index is 1430. The Morgan fingerprint density at radius 3 is 2.40 bits per heavy atom. The largest absolute Gasteiger partial charge is 0.573 e. The van der Waals surface area contributed by atoms with Gasteiger partial charge in [-0.1, -0.05) is 0 Å². The van der Waals surface area contributed by atoms with E-state index in [0.29, 0.717) is 29.6 Å². The molecule has 1 saturated heterocycles. The molecule has 42 heavy (non-hydrogen) atoms. The van der Waals surface area contributed by atoms with E-state index in [0.717, 1.165) is 38.2 Å². The molecule has 0 saturated carbocycles. The molecule has 5 rings (SSSR count). The van der Waals surface area contributed by atoms with Gasteiger partial charge >= 0.3 is 6.36 Å². The summed E-state index contributed by atoms with van der Waals surface area (Å²) in [7, 11) is 4.07. The van der Waals surface area contributed by atoms with Crippen LogP contribution in [0.15, 0.2) is 36.5 Å². The second-order valence-electron chi connectivity index (χ2n) is 10.9. The first kappa shape index (κ1) is 29.6. The number of nitrogens with zero attached hydrogens (tertiary/aromatic N) is 5. The number of nitrogens with one attached hydrogen (secondary N) is 1. The van der Waals surface area contributed by atoms with Gasteiger partial charge in [0.25, 0.3) is 0 Å². The molecule has 1 aromatic heterocycles. The van der Waals surface area contributed by atoms with Crippen molar-refractivity contribution in [2.45, 2.75) is 45.1 Å². The van der Waals surface area contributed by atoms with Gasteiger partial charge in [-0.05, 0) is 71.1 Å². The second-order valence-corrected chi connectivity index (χ2v) is 10.9. The van der Waals surface area contributed by atoms with Crippen molar-refractivity contribution in [2.75, 3.05) is 55.5 Å². The maximum absolute atomic E-state index is 15.2. The molecule has 1 N–H and O–H groups in total. The number of fused-ring (bicyclic) bond motifs is 1. The minimum absolute atomic E-state index is 0.0194. The second kappa shape index (κ2) is 11.8. The minimum atomic E-state index is -5.03. The lowest BCUT2D eigenvalue weighted by Crippen LogP contribution is -2.42. The summed E-state index contributed by atoms with van der Waals surface area (Å²) in [4.78, 5) is 14.2. The highest BCUT2D eigenvalue weighted by atomic mass is 19.4. The van der Waals surface area contributed by atoms with Crippen molar-refractivity contribution in [3.05, 3.63) is 48.2 Å². The van der Waals surface area contributed by atoms with Gasteiger partial charge in [0.15, 0.2) is 17.3 Å². The van der Waals surface area contributed by atoms with Crippen LogP contribution in [0.1, 0.15) is 26.7 Å². The van der Waals surface area contributed by atoms with E-state index in [1.54, 1.807) is 12.1 Å². The third kappa shape index (κ3) is 6.45. The summed E-state index contributed by atoms with van der Waals surface area (Å²) in [5.41, 5.74) is 0.904. The van der Waals surface area contributed by atoms with E-state index in [4.69, 9.17) is 4.74 Å². The smallest absolute Gasteiger partial charge is 0.486 e. The first-order valence-corrected chi connectivity index (χ1v) is 13.7. The summed E-state index contributed by atoms with van der Waals surface area (Å²) in [6, 6.07) is 7.57. The molecule has 1 fully saturated rings. The van der Waals surface area contributed by atoms with Gasteiger partial charge in [0.2, 0.25) is 5.95 Å². The van der Waals surface area contributed by atoms with E-state index < -0.39 is 23.7 Å². The summed E-state index contributed by atoms with van der Waals surface area (Å²) >= 11 is 0. The molecule has 0 radical (unpaired) electrons. The highest BCUT2D eigenvalue weighted by molar-refractivity contribution is 5.76. The fraction of sp³-hybridized carbons (Fsp3) is 0.448. The van der Waals surface area contributed by atoms with Gasteiger partial charge < -0.3 is 29.5 Å². The Balaban J connectivity index is 1.45. The van der Waals surface area contributed by atoms with Gasteiger partial charge in [-0.25, -0.2) is 18.7 Å². The zero-order valence-corrected chi connectivity index (χ0v) is 23.8. The van der Waals surface area contributed by atoms with Crippen LogP contribution in [-0.4, -0.2) is 73.7 Å². The fourth-order valence-corrected chi connectivity index (χ4v) is 5.41. The summed E-state index contributed by atoms with van der Waals surface area (Å²) in [6.45, 7) is 6.02. The Labute approximate surface area is 241 Å². The lowest BCUT2D eigenvalue weighted by molar-refractivity contribution is -0.274. The van der Waals surface area contributed by atoms with Crippen molar-refractivity contribution in [1.82, 2.24) is 14.9 Å². The third-order valence-corrected chi connectivity index (χ3v) is 7.53. The van der Waals surface area contributed by atoms with Gasteiger partial charge in [0, 0.05) is 36.4 Å². The number of ether oxygens (including phenoxy) is 2. The van der Waals surface area contributed by atoms with E-state index in [9.17, 15) is 13.2 Å². The van der Waals surface area contributed by atoms with Crippen LogP contribution >= 0.6 is 0 Å². The number of alkyl halides is 3. The molecule has 8 nitrogen and oxygen atoms in total. The SMILES string of the molecule is CC(C)N1CCOc2c(F)cc(-c3nc(Nc4ccc(N5CCC(N(C)C)CC5)c(F)c4)ncc3OC(F)(F)F)cc21. The number of aromatic nitrogens is 2. The van der Waals surface area contributed by atoms with Crippen molar-refractivity contribution < 1.29 is 31.4 Å². The maximum Gasteiger partial charge on any atom is 0.573 e. The average Bonchev–Trinajstić information content (AvgIpc) is 2.93. The Morgan fingerprint density at radius 1 is 1.02 bits per heavy atom. The number of halogens is 5. The molecule has 226 valence electrons. The van der Waals surface area contributed by atoms with E-state index >= 15 is 8.78 Å². The molecule has 3 aromatic rings. The van der Waals surface area contributed by atoms with Crippen LogP contribution in [0.4, 0.5) is 45.0 Å². The van der Waals surface area contributed by atoms with Crippen LogP contribution in [0.25, 0.3) is 11.3 Å². The minimum Gasteiger partial charge on any atom is -0.486 e. The van der Waals surface area contributed by atoms with Crippen molar-refractivity contribution in [3.8, 4) is 22.8 Å². The van der Waals surface area contributed by atoms with Crippen LogP contribution in [0.3, 0.4) is 0 Å². The zero-order valence-electron chi connectivity index (χ0n) is 23.8. The molecule has 3 heterocycles. The highest BCUT2D eigenvalue weighted by Gasteiger charge is 2.34. The van der Waals surface area contributed by atoms with Gasteiger partial charge in [-0.15, -0.1) is 13.2 Å². The molecule has 13 heteroatoms. The fourth-order valence-electron chi connectivity index (χ4n) is 5.41. The number of piperidine rings is 1. The lowest BCUT2D eigenvalue weighted by atomic mass is 10.0. The Hall–Kier alpha value is -3.87. The predicted molar refractivity (Wildman–Crippen MR) is 151 cm³/mol. The van der Waals surface area contributed by atoms with E-state index in [-0.39, 0.29) is 35.6 Å². The quantitative estimate of drug-likeness (QED) is 0.326. The van der Waals surface area contributed by atoms with Crippen LogP contribution in [0, 0.1) is 11.6 Å². The zero-order chi connectivity index (χ0) is 30.2. The first-order valence-electron chi connectivity index (χ1n) is 13.7. The van der Waals surface area contributed by atoms with Gasteiger partial charge in [-0.3, -0.25) is 0 Å². The van der Waals surface area contributed by atoms with Crippen molar-refractivity contribution in [2.24, 2.45) is 0 Å². The molecule has 0 amide bonds. The number of anilines is 4. The van der Waals surface area contributed by atoms with Crippen molar-refractivity contribution in [3.63, 3.8) is 0 Å². The summed E-state index contributed by atoms with van der Waals surface area (Å²) in [5, 5.41) is 2.85. The standard InChI is InChI=1S/C29H33F5N6O2/c1-17(2)40-11-12-41-27-22(31)13-18(14-24(27)40)26-25(42-29(32,33)34)16-35-28(37-26)36-19-5-6-23(21(30)15-19)39-9-7-20(8-10-39)38(3)4/h5-6,13-17,20H,7-12H2,1-4H3,(H,35,36,37). The number of hydrogen-bond donors (Lipinski definition) is 1. The molecule has 0 aliphatic carbocycles. The molecular weight excluding hydrogens is 559 g/mol. The monoisotopic (exact) mass is 592 g/mol. The van der Waals surface area contributed by atoms with Crippen LogP contribution in [0.5, 0.6) is 11.5 Å². The molecule has 0 bridgehead atoms. The summed E-state index contributed by atoms with van der Waals surface area (Å²) in [5.74, 6) is -2.00. The molecule has 2 aromatic carbocycles. The summed E-state index contributed by atoms with van der Waals surface area (Å²) in [6.07, 6.45) is -2.35. The molecule has 0 atom stereocenters. The molecule has 0 spiro atoms. The molecule has 2 aliphatic heterocycles. The highest BCUT2D eigenvalue weighted by Crippen LogP contribution is 2.42. The predicted octanol–water partition coefficient (Wildman–Crippen LogP) is 6.20. The van der Waals surface area contributed by atoms with E-state index in [1.807, 2.05) is 37.7 Å². The van der Waals surface area contributed by atoms with Crippen molar-refractivity contribution >= 4 is 23.0 Å². The van der Waals surface area contributed by atoms with Gasteiger partial charge in [0.05, 0.1) is 24.1 Å². The average molecular weight is 593 g/mol. The normalized spacial score (nSPS) is 16.1. The number of benzene rings is 2. The maximum atomic E-state index is 15.2. The van der Waals surface area contributed by atoms with Gasteiger partial charge in [-0.2, -0.15) is 0 Å². The summed E-state index contributed by atoms with van der Waals surface area (Å²) < 4.78 is 79.8. The van der Waals surface area contributed by atoms with Gasteiger partial charge in [0.1, 0.15) is 18.1 Å². The van der Waals surface area contributed by atoms with Crippen molar-refractivity contribution in [1.29, 1.82) is 0 Å². The topological polar surface area (TPSA) is 66.0 Å². The third-order valence-electron chi connectivity index (χ3n) is 7.53. The van der Waals surface area contributed by atoms with E-state index in [2.05, 4.69) is 24.9 Å². The first-order chi connectivity index (χ1) is 19.9. The van der Waals surface area contributed by atoms with Crippen LogP contribution in [0.2, 0.25) is 0 Å². The van der Waals surface area contributed by atoms with Crippen LogP contribution in [-0.2, 0) is 0 Å². The number of rotatable bonds is 7. The van der Waals surface area contributed by atoms with E-state index in [1.165, 1.54) is 12.1 Å². The molecular formula is C29H33F5N6O2. The Kier molecular flexibility index (Phi) is 8.31. The molecule has 2 aliphatic rings. The molecule has 0 unspecified atom stereocenters. The Morgan fingerprint density at radius 2 is 1.76 bits per heavy atom.